The molecule has 8 rings (SSSR count). The van der Waals surface area contributed by atoms with Crippen molar-refractivity contribution in [3.63, 3.8) is 0 Å². The maximum absolute atomic E-state index is 13.8. The predicted molar refractivity (Wildman–Crippen MR) is 315 cm³/mol. The molecule has 0 saturated heterocycles. The second kappa shape index (κ2) is 28.4. The number of aryl methyl sites for hydroxylation is 2. The van der Waals surface area contributed by atoms with Crippen LogP contribution in [0.1, 0.15) is 25.0 Å². The van der Waals surface area contributed by atoms with E-state index in [4.69, 9.17) is 25.2 Å². The molecule has 0 bridgehead atoms. The van der Waals surface area contributed by atoms with E-state index in [9.17, 15) is 50.9 Å². The molecule has 18 nitrogen and oxygen atoms in total. The van der Waals surface area contributed by atoms with E-state index in [1.165, 1.54) is 50.2 Å². The molecule has 0 heterocycles. The maximum atomic E-state index is 13.8. The number of hydrogen-bond donors (Lipinski definition) is 12. The SMILES string of the molecule is CC(=O)Nc1ccc(-c2cc(B(O)O)ccc2C)cc1.CC(=O)Nc1ccc(-c2cccc(B(O)O)c2)cc1.CS(=O)(=O)Nc1ccc(-c2cc(B(O)O)ccc2F)cc1.Cc1ccc(B(O)O)cc1-c1ccc(S(N)(=O)=O)cc1. The Morgan fingerprint density at radius 1 is 0.438 bits per heavy atom. The molecule has 0 aliphatic rings. The van der Waals surface area contributed by atoms with Crippen LogP contribution in [0.4, 0.5) is 21.5 Å². The highest BCUT2D eigenvalue weighted by Gasteiger charge is 2.18. The zero-order valence-electron chi connectivity index (χ0n) is 43.9. The monoisotopic (exact) mass is 1120 g/mol. The van der Waals surface area contributed by atoms with E-state index in [0.29, 0.717) is 27.6 Å². The van der Waals surface area contributed by atoms with Gasteiger partial charge in [-0.05, 0) is 140 Å². The quantitative estimate of drug-likeness (QED) is 0.0740. The van der Waals surface area contributed by atoms with E-state index in [0.717, 1.165) is 68.2 Å². The number of primary sulfonamides is 1. The van der Waals surface area contributed by atoms with Crippen molar-refractivity contribution >= 4 is 99.2 Å². The molecule has 0 aromatic heterocycles. The molecule has 0 radical (unpaired) electrons. The minimum atomic E-state index is -3.71. The number of carbonyl (C=O) groups excluding carboxylic acids is 2. The van der Waals surface area contributed by atoms with Gasteiger partial charge in [0.1, 0.15) is 5.82 Å². The molecule has 8 aromatic carbocycles. The van der Waals surface area contributed by atoms with Crippen LogP contribution in [0, 0.1) is 19.7 Å². The number of nitrogens with one attached hydrogen (secondary N) is 3. The Bertz CT molecular complexity index is 3640. The Hall–Kier alpha value is -7.77. The third kappa shape index (κ3) is 19.3. The fraction of sp³-hybridized carbons (Fsp3) is 0.0909. The number of benzene rings is 8. The first-order valence-electron chi connectivity index (χ1n) is 24.1. The lowest BCUT2D eigenvalue weighted by molar-refractivity contribution is -0.115. The lowest BCUT2D eigenvalue weighted by atomic mass is 9.78. The van der Waals surface area contributed by atoms with E-state index in [-0.39, 0.29) is 27.7 Å². The van der Waals surface area contributed by atoms with Crippen LogP contribution in [0.2, 0.25) is 0 Å². The van der Waals surface area contributed by atoms with Gasteiger partial charge >= 0.3 is 28.5 Å². The standard InChI is InChI=1S/C15H16BNO3.C14H14BNO3.C13H13BFNO4S.C13H14BNO4S/c1-10-3-6-13(16(19)20)9-15(10)12-4-7-14(8-5-12)17-11(2)18;1-10(17)16-14-7-5-11(6-8-14)12-3-2-4-13(9-12)15(18)19;1-21(19,20)16-11-5-2-9(3-6-11)12-8-10(14(17)18)4-7-13(12)15;1-9-2-5-11(14(16)17)8-13(9)10-3-6-12(7-4-10)20(15,18)19/h3-9,19-20H,1-2H3,(H,17,18);2-9,18-19H,1H3,(H,16,17);2-8,16-18H,1H3;2-8,16-17H,1H3,(H2,15,18,19). The van der Waals surface area contributed by atoms with Gasteiger partial charge in [-0.25, -0.2) is 26.4 Å². The summed E-state index contributed by atoms with van der Waals surface area (Å²) < 4.78 is 60.7. The number of hydrogen-bond acceptors (Lipinski definition) is 14. The highest BCUT2D eigenvalue weighted by Crippen LogP contribution is 2.27. The largest absolute Gasteiger partial charge is 0.488 e. The van der Waals surface area contributed by atoms with Gasteiger partial charge in [0.15, 0.2) is 0 Å². The minimum absolute atomic E-state index is 0.0391. The summed E-state index contributed by atoms with van der Waals surface area (Å²) in [6.07, 6.45) is 1.03. The second-order valence-corrected chi connectivity index (χ2v) is 21.4. The topological polar surface area (TPSA) is 326 Å². The molecule has 80 heavy (non-hydrogen) atoms. The van der Waals surface area contributed by atoms with Gasteiger partial charge in [-0.1, -0.05) is 121 Å². The van der Waals surface area contributed by atoms with E-state index in [1.807, 2.05) is 62.4 Å². The molecule has 0 fully saturated rings. The van der Waals surface area contributed by atoms with Crippen molar-refractivity contribution in [2.24, 2.45) is 5.14 Å². The fourth-order valence-electron chi connectivity index (χ4n) is 7.67. The molecule has 412 valence electrons. The van der Waals surface area contributed by atoms with Crippen LogP contribution in [0.15, 0.2) is 181 Å². The van der Waals surface area contributed by atoms with Crippen molar-refractivity contribution in [1.29, 1.82) is 0 Å². The summed E-state index contributed by atoms with van der Waals surface area (Å²) in [5.41, 5.74) is 11.3. The Balaban J connectivity index is 0.000000196. The number of nitrogens with two attached hydrogens (primary N) is 1. The third-order valence-corrected chi connectivity index (χ3v) is 13.2. The predicted octanol–water partition coefficient (Wildman–Crippen LogP) is 2.83. The minimum Gasteiger partial charge on any atom is -0.423 e. The number of halogens is 1. The van der Waals surface area contributed by atoms with Crippen molar-refractivity contribution in [2.45, 2.75) is 32.6 Å². The number of carbonyl (C=O) groups is 2. The van der Waals surface area contributed by atoms with Gasteiger partial charge in [-0.15, -0.1) is 0 Å². The Labute approximate surface area is 464 Å². The molecule has 0 unspecified atom stereocenters. The number of amides is 2. The van der Waals surface area contributed by atoms with Gasteiger partial charge in [0.2, 0.25) is 31.9 Å². The lowest BCUT2D eigenvalue weighted by Gasteiger charge is -2.10. The van der Waals surface area contributed by atoms with Crippen molar-refractivity contribution in [1.82, 2.24) is 0 Å². The molecule has 0 aliphatic carbocycles. The second-order valence-electron chi connectivity index (χ2n) is 18.0. The number of rotatable bonds is 13. The first-order chi connectivity index (χ1) is 37.6. The van der Waals surface area contributed by atoms with Gasteiger partial charge in [-0.2, -0.15) is 0 Å². The first-order valence-corrected chi connectivity index (χ1v) is 27.5. The Morgan fingerprint density at radius 2 is 0.787 bits per heavy atom. The van der Waals surface area contributed by atoms with Gasteiger partial charge < -0.3 is 50.8 Å². The molecule has 13 N–H and O–H groups in total. The molecular weight excluding hydrogens is 1070 g/mol. The van der Waals surface area contributed by atoms with E-state index in [2.05, 4.69) is 15.4 Å². The zero-order valence-corrected chi connectivity index (χ0v) is 45.5. The van der Waals surface area contributed by atoms with Crippen LogP contribution in [0.3, 0.4) is 0 Å². The van der Waals surface area contributed by atoms with Gasteiger partial charge in [0.05, 0.1) is 11.2 Å². The average molecular weight is 1120 g/mol. The van der Waals surface area contributed by atoms with Crippen LogP contribution >= 0.6 is 0 Å². The summed E-state index contributed by atoms with van der Waals surface area (Å²) in [5, 5.41) is 83.8. The molecule has 0 saturated carbocycles. The number of sulfonamides is 2. The van der Waals surface area contributed by atoms with E-state index < -0.39 is 54.3 Å². The summed E-state index contributed by atoms with van der Waals surface area (Å²) in [4.78, 5) is 21.9. The van der Waals surface area contributed by atoms with Crippen LogP contribution in [-0.2, 0) is 29.6 Å². The Kier molecular flexibility index (Phi) is 22.4. The van der Waals surface area contributed by atoms with Crippen molar-refractivity contribution < 1.29 is 71.0 Å². The van der Waals surface area contributed by atoms with E-state index >= 15 is 0 Å². The molecule has 0 atom stereocenters. The zero-order chi connectivity index (χ0) is 59.1. The summed E-state index contributed by atoms with van der Waals surface area (Å²) in [7, 11) is -13.3. The van der Waals surface area contributed by atoms with Gasteiger partial charge in [0.25, 0.3) is 0 Å². The molecule has 0 spiro atoms. The smallest absolute Gasteiger partial charge is 0.423 e. The Morgan fingerprint density at radius 3 is 1.18 bits per heavy atom. The van der Waals surface area contributed by atoms with Crippen molar-refractivity contribution in [3.05, 3.63) is 193 Å². The lowest BCUT2D eigenvalue weighted by Crippen LogP contribution is -2.29. The van der Waals surface area contributed by atoms with E-state index in [1.54, 1.807) is 84.9 Å². The first kappa shape index (κ1) is 63.1. The van der Waals surface area contributed by atoms with Crippen molar-refractivity contribution in [2.75, 3.05) is 21.6 Å². The summed E-state index contributed by atoms with van der Waals surface area (Å²) in [6, 6.07) is 48.1. The molecule has 0 aliphatic heterocycles. The molecule has 2 amide bonds. The normalized spacial score (nSPS) is 10.7. The number of anilines is 3. The summed E-state index contributed by atoms with van der Waals surface area (Å²) in [5.74, 6) is -0.735. The van der Waals surface area contributed by atoms with Crippen molar-refractivity contribution in [3.8, 4) is 44.5 Å². The maximum Gasteiger partial charge on any atom is 0.488 e. The highest BCUT2D eigenvalue weighted by atomic mass is 32.2. The summed E-state index contributed by atoms with van der Waals surface area (Å²) >= 11 is 0. The average Bonchev–Trinajstić information content (AvgIpc) is 3.39. The van der Waals surface area contributed by atoms with Crippen LogP contribution in [-0.4, -0.2) is 104 Å². The van der Waals surface area contributed by atoms with Gasteiger partial charge in [-0.3, -0.25) is 14.3 Å². The van der Waals surface area contributed by atoms with Crippen LogP contribution in [0.5, 0.6) is 0 Å². The highest BCUT2D eigenvalue weighted by molar-refractivity contribution is 7.92. The van der Waals surface area contributed by atoms with Crippen LogP contribution < -0.4 is 42.3 Å². The molecular formula is C55H57B4FN4O14S2. The fourth-order valence-corrected chi connectivity index (χ4v) is 8.75. The van der Waals surface area contributed by atoms with Crippen LogP contribution in [0.25, 0.3) is 44.5 Å². The summed E-state index contributed by atoms with van der Waals surface area (Å²) in [6.45, 7) is 6.77. The molecule has 8 aromatic rings. The molecule has 25 heteroatoms. The third-order valence-electron chi connectivity index (χ3n) is 11.6. The van der Waals surface area contributed by atoms with Gasteiger partial charge in [0, 0.05) is 36.5 Å².